The maximum absolute atomic E-state index is 12.0. The van der Waals surface area contributed by atoms with Crippen LogP contribution >= 0.6 is 0 Å². The van der Waals surface area contributed by atoms with E-state index in [4.69, 9.17) is 0 Å². The average Bonchev–Trinajstić information content (AvgIpc) is 2.35. The Morgan fingerprint density at radius 2 is 1.90 bits per heavy atom. The Kier molecular flexibility index (Phi) is 6.21. The maximum atomic E-state index is 12.0. The number of hydrogen-bond donors (Lipinski definition) is 3. The van der Waals surface area contributed by atoms with Crippen LogP contribution in [-0.4, -0.2) is 23.8 Å². The Labute approximate surface area is 128 Å². The molecule has 4 nitrogen and oxygen atoms in total. The third kappa shape index (κ3) is 6.17. The third-order valence-electron chi connectivity index (χ3n) is 3.58. The lowest BCUT2D eigenvalue weighted by molar-refractivity contribution is 0.128. The molecule has 0 aromatic heterocycles. The number of benzene rings is 1. The minimum absolute atomic E-state index is 0.0360. The summed E-state index contributed by atoms with van der Waals surface area (Å²) in [6.45, 7) is 10.4. The molecule has 2 atom stereocenters. The highest BCUT2D eigenvalue weighted by molar-refractivity contribution is 5.74. The quantitative estimate of drug-likeness (QED) is 0.754. The third-order valence-corrected chi connectivity index (χ3v) is 3.58. The van der Waals surface area contributed by atoms with Crippen LogP contribution in [-0.2, 0) is 0 Å². The molecule has 3 N–H and O–H groups in total. The van der Waals surface area contributed by atoms with Gasteiger partial charge in [-0.1, -0.05) is 38.1 Å². The van der Waals surface area contributed by atoms with Gasteiger partial charge < -0.3 is 15.7 Å². The van der Waals surface area contributed by atoms with Gasteiger partial charge in [0.2, 0.25) is 0 Å². The standard InChI is InChI=1S/C17H28N2O2/c1-12-8-6-7-9-15(12)14(3)19-16(21)18-11-17(4,5)10-13(2)20/h6-9,13-14,20H,10-11H2,1-5H3,(H2,18,19,21). The van der Waals surface area contributed by atoms with E-state index in [1.54, 1.807) is 6.92 Å². The number of aliphatic hydroxyl groups is 1. The Hall–Kier alpha value is -1.55. The number of urea groups is 1. The second kappa shape index (κ2) is 7.46. The molecule has 2 amide bonds. The van der Waals surface area contributed by atoms with Gasteiger partial charge in [-0.2, -0.15) is 0 Å². The largest absolute Gasteiger partial charge is 0.393 e. The molecule has 0 heterocycles. The summed E-state index contributed by atoms with van der Waals surface area (Å²) in [5.74, 6) is 0. The van der Waals surface area contributed by atoms with Crippen molar-refractivity contribution in [2.75, 3.05) is 6.54 Å². The highest BCUT2D eigenvalue weighted by Crippen LogP contribution is 2.21. The first-order valence-corrected chi connectivity index (χ1v) is 7.49. The fraction of sp³-hybridized carbons (Fsp3) is 0.588. The zero-order valence-corrected chi connectivity index (χ0v) is 13.7. The summed E-state index contributed by atoms with van der Waals surface area (Å²) < 4.78 is 0. The molecule has 118 valence electrons. The highest BCUT2D eigenvalue weighted by atomic mass is 16.3. The van der Waals surface area contributed by atoms with Gasteiger partial charge in [0.05, 0.1) is 12.1 Å². The number of aryl methyl sites for hydroxylation is 1. The summed E-state index contributed by atoms with van der Waals surface area (Å²) in [6, 6.07) is 7.82. The second-order valence-electron chi connectivity index (χ2n) is 6.62. The van der Waals surface area contributed by atoms with E-state index in [0.717, 1.165) is 5.56 Å². The molecule has 1 aromatic carbocycles. The lowest BCUT2D eigenvalue weighted by atomic mass is 9.87. The van der Waals surface area contributed by atoms with Crippen LogP contribution in [0.1, 0.15) is 51.3 Å². The number of aliphatic hydroxyl groups excluding tert-OH is 1. The van der Waals surface area contributed by atoms with Gasteiger partial charge in [-0.15, -0.1) is 0 Å². The van der Waals surface area contributed by atoms with Crippen molar-refractivity contribution in [2.45, 2.75) is 53.2 Å². The van der Waals surface area contributed by atoms with E-state index in [2.05, 4.69) is 10.6 Å². The van der Waals surface area contributed by atoms with Gasteiger partial charge in [0.15, 0.2) is 0 Å². The Balaban J connectivity index is 2.49. The number of nitrogens with one attached hydrogen (secondary N) is 2. The number of hydrogen-bond acceptors (Lipinski definition) is 2. The monoisotopic (exact) mass is 292 g/mol. The Morgan fingerprint density at radius 3 is 2.48 bits per heavy atom. The molecule has 0 fully saturated rings. The normalized spacial score (nSPS) is 14.4. The molecule has 21 heavy (non-hydrogen) atoms. The zero-order valence-electron chi connectivity index (χ0n) is 13.7. The van der Waals surface area contributed by atoms with E-state index >= 15 is 0 Å². The molecule has 4 heteroatoms. The van der Waals surface area contributed by atoms with Crippen molar-refractivity contribution < 1.29 is 9.90 Å². The molecule has 0 aliphatic carbocycles. The first kappa shape index (κ1) is 17.5. The Morgan fingerprint density at radius 1 is 1.29 bits per heavy atom. The van der Waals surface area contributed by atoms with Crippen LogP contribution in [0.5, 0.6) is 0 Å². The predicted molar refractivity (Wildman–Crippen MR) is 86.2 cm³/mol. The fourth-order valence-electron chi connectivity index (χ4n) is 2.59. The van der Waals surface area contributed by atoms with Crippen molar-refractivity contribution in [2.24, 2.45) is 5.41 Å². The first-order chi connectivity index (χ1) is 9.71. The van der Waals surface area contributed by atoms with E-state index in [1.807, 2.05) is 52.0 Å². The molecule has 1 aromatic rings. The number of amides is 2. The molecule has 0 bridgehead atoms. The van der Waals surface area contributed by atoms with Gasteiger partial charge in [0.1, 0.15) is 0 Å². The summed E-state index contributed by atoms with van der Waals surface area (Å²) in [5, 5.41) is 15.3. The molecule has 0 saturated carbocycles. The van der Waals surface area contributed by atoms with Crippen molar-refractivity contribution in [1.82, 2.24) is 10.6 Å². The number of rotatable bonds is 6. The second-order valence-corrected chi connectivity index (χ2v) is 6.62. The topological polar surface area (TPSA) is 61.4 Å². The summed E-state index contributed by atoms with van der Waals surface area (Å²) >= 11 is 0. The van der Waals surface area contributed by atoms with E-state index in [0.29, 0.717) is 13.0 Å². The van der Waals surface area contributed by atoms with Crippen LogP contribution in [0.15, 0.2) is 24.3 Å². The Bertz CT molecular complexity index is 470. The van der Waals surface area contributed by atoms with Gasteiger partial charge in [0.25, 0.3) is 0 Å². The predicted octanol–water partition coefficient (Wildman–Crippen LogP) is 3.15. The molecule has 1 rings (SSSR count). The van der Waals surface area contributed by atoms with Crippen LogP contribution in [0.25, 0.3) is 0 Å². The lowest BCUT2D eigenvalue weighted by Gasteiger charge is -2.27. The molecule has 2 unspecified atom stereocenters. The number of carbonyl (C=O) groups is 1. The van der Waals surface area contributed by atoms with Crippen LogP contribution in [0.4, 0.5) is 4.79 Å². The molecular weight excluding hydrogens is 264 g/mol. The van der Waals surface area contributed by atoms with E-state index < -0.39 is 0 Å². The van der Waals surface area contributed by atoms with Gasteiger partial charge in [-0.3, -0.25) is 0 Å². The van der Waals surface area contributed by atoms with Crippen molar-refractivity contribution >= 4 is 6.03 Å². The van der Waals surface area contributed by atoms with E-state index in [-0.39, 0.29) is 23.6 Å². The van der Waals surface area contributed by atoms with Gasteiger partial charge >= 0.3 is 6.03 Å². The molecule has 0 aliphatic rings. The smallest absolute Gasteiger partial charge is 0.315 e. The summed E-state index contributed by atoms with van der Waals surface area (Å²) in [6.07, 6.45) is 0.288. The van der Waals surface area contributed by atoms with Crippen LogP contribution in [0.2, 0.25) is 0 Å². The molecule has 0 spiro atoms. The fourth-order valence-corrected chi connectivity index (χ4v) is 2.59. The van der Waals surface area contributed by atoms with Gasteiger partial charge in [-0.25, -0.2) is 4.79 Å². The minimum atomic E-state index is -0.365. The first-order valence-electron chi connectivity index (χ1n) is 7.49. The molecular formula is C17H28N2O2. The molecule has 0 saturated heterocycles. The van der Waals surface area contributed by atoms with E-state index in [1.165, 1.54) is 5.56 Å². The van der Waals surface area contributed by atoms with Crippen molar-refractivity contribution in [1.29, 1.82) is 0 Å². The van der Waals surface area contributed by atoms with Gasteiger partial charge in [0, 0.05) is 6.54 Å². The van der Waals surface area contributed by atoms with Crippen LogP contribution in [0, 0.1) is 12.3 Å². The summed E-state index contributed by atoms with van der Waals surface area (Å²) in [5.41, 5.74) is 2.16. The van der Waals surface area contributed by atoms with Crippen molar-refractivity contribution in [3.63, 3.8) is 0 Å². The average molecular weight is 292 g/mol. The van der Waals surface area contributed by atoms with Gasteiger partial charge in [-0.05, 0) is 43.7 Å². The minimum Gasteiger partial charge on any atom is -0.393 e. The molecule has 0 radical (unpaired) electrons. The molecule has 0 aliphatic heterocycles. The van der Waals surface area contributed by atoms with E-state index in [9.17, 15) is 9.90 Å². The summed E-state index contributed by atoms with van der Waals surface area (Å²) in [7, 11) is 0. The lowest BCUT2D eigenvalue weighted by Crippen LogP contribution is -2.42. The zero-order chi connectivity index (χ0) is 16.0. The maximum Gasteiger partial charge on any atom is 0.315 e. The number of carbonyl (C=O) groups excluding carboxylic acids is 1. The highest BCUT2D eigenvalue weighted by Gasteiger charge is 2.21. The SMILES string of the molecule is Cc1ccccc1C(C)NC(=O)NCC(C)(C)CC(C)O. The summed E-state index contributed by atoms with van der Waals surface area (Å²) in [4.78, 5) is 12.0. The van der Waals surface area contributed by atoms with Crippen LogP contribution < -0.4 is 10.6 Å². The van der Waals surface area contributed by atoms with Crippen LogP contribution in [0.3, 0.4) is 0 Å². The van der Waals surface area contributed by atoms with Crippen molar-refractivity contribution in [3.8, 4) is 0 Å². The van der Waals surface area contributed by atoms with Crippen molar-refractivity contribution in [3.05, 3.63) is 35.4 Å².